The topological polar surface area (TPSA) is 51.8 Å². The molecule has 2 rings (SSSR count). The standard InChI is InChI=1S/C14H19N3S2/c1-4-12(15)8-11-5-6-13(7-9(11)2)18-14-16-10(3)17-19-14/h5-7,12H,4,8,15H2,1-3H3. The van der Waals surface area contributed by atoms with Gasteiger partial charge >= 0.3 is 0 Å². The third kappa shape index (κ3) is 4.03. The van der Waals surface area contributed by atoms with Crippen LogP contribution < -0.4 is 5.73 Å². The Morgan fingerprint density at radius 3 is 2.74 bits per heavy atom. The maximum Gasteiger partial charge on any atom is 0.174 e. The van der Waals surface area contributed by atoms with Gasteiger partial charge in [-0.1, -0.05) is 24.8 Å². The zero-order chi connectivity index (χ0) is 13.8. The molecule has 1 atom stereocenters. The minimum atomic E-state index is 0.253. The molecule has 0 aliphatic carbocycles. The Hall–Kier alpha value is -0.910. The maximum absolute atomic E-state index is 6.02. The Bertz CT molecular complexity index is 551. The molecule has 0 aliphatic heterocycles. The van der Waals surface area contributed by atoms with E-state index < -0.39 is 0 Å². The second-order valence-corrected chi connectivity index (χ2v) is 6.74. The van der Waals surface area contributed by atoms with E-state index in [0.29, 0.717) is 0 Å². The van der Waals surface area contributed by atoms with Gasteiger partial charge in [0.05, 0.1) is 0 Å². The van der Waals surface area contributed by atoms with Crippen molar-refractivity contribution in [3.63, 3.8) is 0 Å². The Balaban J connectivity index is 2.10. The highest BCUT2D eigenvalue weighted by Gasteiger charge is 2.07. The molecule has 19 heavy (non-hydrogen) atoms. The molecule has 1 aromatic heterocycles. The van der Waals surface area contributed by atoms with Crippen LogP contribution in [0.5, 0.6) is 0 Å². The van der Waals surface area contributed by atoms with Crippen LogP contribution in [0.3, 0.4) is 0 Å². The molecule has 1 unspecified atom stereocenters. The summed E-state index contributed by atoms with van der Waals surface area (Å²) in [5, 5.41) is 0. The van der Waals surface area contributed by atoms with E-state index in [-0.39, 0.29) is 6.04 Å². The number of hydrogen-bond donors (Lipinski definition) is 1. The van der Waals surface area contributed by atoms with Crippen LogP contribution in [0.25, 0.3) is 0 Å². The predicted octanol–water partition coefficient (Wildman–Crippen LogP) is 3.59. The van der Waals surface area contributed by atoms with Gasteiger partial charge in [-0.2, -0.15) is 4.37 Å². The summed E-state index contributed by atoms with van der Waals surface area (Å²) in [4.78, 5) is 5.58. The van der Waals surface area contributed by atoms with Crippen LogP contribution in [0.15, 0.2) is 27.4 Å². The number of nitrogens with zero attached hydrogens (tertiary/aromatic N) is 2. The summed E-state index contributed by atoms with van der Waals surface area (Å²) < 4.78 is 5.19. The van der Waals surface area contributed by atoms with Gasteiger partial charge < -0.3 is 5.73 Å². The van der Waals surface area contributed by atoms with Gasteiger partial charge in [0, 0.05) is 10.9 Å². The minimum absolute atomic E-state index is 0.253. The van der Waals surface area contributed by atoms with Crippen molar-refractivity contribution in [3.05, 3.63) is 35.2 Å². The molecule has 0 radical (unpaired) electrons. The first kappa shape index (κ1) is 14.5. The fourth-order valence-corrected chi connectivity index (χ4v) is 3.53. The van der Waals surface area contributed by atoms with Gasteiger partial charge in [0.2, 0.25) is 0 Å². The monoisotopic (exact) mass is 293 g/mol. The lowest BCUT2D eigenvalue weighted by atomic mass is 10.0. The molecule has 0 fully saturated rings. The summed E-state index contributed by atoms with van der Waals surface area (Å²) in [6.45, 7) is 6.19. The first-order chi connectivity index (χ1) is 9.08. The maximum atomic E-state index is 6.02. The van der Waals surface area contributed by atoms with Crippen molar-refractivity contribution in [2.75, 3.05) is 0 Å². The highest BCUT2D eigenvalue weighted by Crippen LogP contribution is 2.30. The molecule has 2 N–H and O–H groups in total. The number of benzene rings is 1. The van der Waals surface area contributed by atoms with E-state index in [2.05, 4.69) is 41.4 Å². The van der Waals surface area contributed by atoms with Gasteiger partial charge in [0.25, 0.3) is 0 Å². The largest absolute Gasteiger partial charge is 0.327 e. The van der Waals surface area contributed by atoms with Crippen LogP contribution >= 0.6 is 23.3 Å². The number of hydrogen-bond acceptors (Lipinski definition) is 5. The molecular weight excluding hydrogens is 274 g/mol. The lowest BCUT2D eigenvalue weighted by Crippen LogP contribution is -2.21. The first-order valence-electron chi connectivity index (χ1n) is 6.41. The highest BCUT2D eigenvalue weighted by atomic mass is 32.2. The van der Waals surface area contributed by atoms with Gasteiger partial charge in [0.15, 0.2) is 4.34 Å². The fourth-order valence-electron chi connectivity index (χ4n) is 1.81. The fraction of sp³-hybridized carbons (Fsp3) is 0.429. The molecule has 102 valence electrons. The van der Waals surface area contributed by atoms with Crippen LogP contribution in [-0.2, 0) is 6.42 Å². The second kappa shape index (κ2) is 6.50. The molecule has 0 aliphatic rings. The van der Waals surface area contributed by atoms with Crippen molar-refractivity contribution in [2.24, 2.45) is 5.73 Å². The van der Waals surface area contributed by atoms with Gasteiger partial charge in [0.1, 0.15) is 5.82 Å². The minimum Gasteiger partial charge on any atom is -0.327 e. The molecule has 1 heterocycles. The molecule has 0 spiro atoms. The van der Waals surface area contributed by atoms with E-state index >= 15 is 0 Å². The Labute approximate surface area is 122 Å². The Morgan fingerprint density at radius 2 is 2.16 bits per heavy atom. The molecule has 0 saturated carbocycles. The first-order valence-corrected chi connectivity index (χ1v) is 8.00. The number of aromatic nitrogens is 2. The van der Waals surface area contributed by atoms with Crippen molar-refractivity contribution < 1.29 is 0 Å². The summed E-state index contributed by atoms with van der Waals surface area (Å²) in [7, 11) is 0. The van der Waals surface area contributed by atoms with Crippen molar-refractivity contribution in [1.29, 1.82) is 0 Å². The van der Waals surface area contributed by atoms with Gasteiger partial charge in [-0.05, 0) is 61.5 Å². The molecule has 5 heteroatoms. The molecule has 0 bridgehead atoms. The van der Waals surface area contributed by atoms with Crippen molar-refractivity contribution in [1.82, 2.24) is 9.36 Å². The normalized spacial score (nSPS) is 12.6. The van der Waals surface area contributed by atoms with E-state index in [1.165, 1.54) is 27.6 Å². The third-order valence-corrected chi connectivity index (χ3v) is 4.87. The van der Waals surface area contributed by atoms with E-state index in [9.17, 15) is 0 Å². The lowest BCUT2D eigenvalue weighted by molar-refractivity contribution is 0.644. The summed E-state index contributed by atoms with van der Waals surface area (Å²) in [5.41, 5.74) is 8.66. The van der Waals surface area contributed by atoms with Gasteiger partial charge in [-0.3, -0.25) is 0 Å². The summed E-state index contributed by atoms with van der Waals surface area (Å²) in [6.07, 6.45) is 1.96. The molecule has 3 nitrogen and oxygen atoms in total. The van der Waals surface area contributed by atoms with Gasteiger partial charge in [-0.15, -0.1) is 0 Å². The van der Waals surface area contributed by atoms with Gasteiger partial charge in [-0.25, -0.2) is 4.98 Å². The van der Waals surface area contributed by atoms with E-state index in [1.54, 1.807) is 11.8 Å². The highest BCUT2D eigenvalue weighted by molar-refractivity contribution is 8.01. The van der Waals surface area contributed by atoms with Crippen molar-refractivity contribution >= 4 is 23.3 Å². The van der Waals surface area contributed by atoms with Crippen LogP contribution in [0.1, 0.15) is 30.3 Å². The quantitative estimate of drug-likeness (QED) is 0.915. The lowest BCUT2D eigenvalue weighted by Gasteiger charge is -2.12. The van der Waals surface area contributed by atoms with Crippen LogP contribution in [0.4, 0.5) is 0 Å². The van der Waals surface area contributed by atoms with Crippen LogP contribution in [0, 0.1) is 13.8 Å². The Kier molecular flexibility index (Phi) is 4.96. The summed E-state index contributed by atoms with van der Waals surface area (Å²) in [5.74, 6) is 0.842. The van der Waals surface area contributed by atoms with E-state index in [0.717, 1.165) is 23.0 Å². The average Bonchev–Trinajstić information content (AvgIpc) is 2.78. The zero-order valence-corrected chi connectivity index (χ0v) is 13.1. The molecular formula is C14H19N3S2. The SMILES string of the molecule is CCC(N)Cc1ccc(Sc2nc(C)ns2)cc1C. The molecule has 2 aromatic rings. The average molecular weight is 293 g/mol. The number of aryl methyl sites for hydroxylation is 2. The van der Waals surface area contributed by atoms with Crippen molar-refractivity contribution in [2.45, 2.75) is 48.9 Å². The summed E-state index contributed by atoms with van der Waals surface area (Å²) >= 11 is 3.12. The van der Waals surface area contributed by atoms with Crippen LogP contribution in [-0.4, -0.2) is 15.4 Å². The summed E-state index contributed by atoms with van der Waals surface area (Å²) in [6, 6.07) is 6.79. The van der Waals surface area contributed by atoms with Crippen LogP contribution in [0.2, 0.25) is 0 Å². The second-order valence-electron chi connectivity index (χ2n) is 4.67. The molecule has 0 amide bonds. The molecule has 0 saturated heterocycles. The third-order valence-electron chi connectivity index (χ3n) is 3.03. The molecule has 1 aromatic carbocycles. The Morgan fingerprint density at radius 1 is 1.37 bits per heavy atom. The van der Waals surface area contributed by atoms with E-state index in [1.807, 2.05) is 6.92 Å². The number of rotatable bonds is 5. The smallest absolute Gasteiger partial charge is 0.174 e. The number of nitrogens with two attached hydrogens (primary N) is 1. The van der Waals surface area contributed by atoms with E-state index in [4.69, 9.17) is 5.73 Å². The predicted molar refractivity (Wildman–Crippen MR) is 81.9 cm³/mol. The van der Waals surface area contributed by atoms with Crippen molar-refractivity contribution in [3.8, 4) is 0 Å². The zero-order valence-electron chi connectivity index (χ0n) is 11.5.